The highest BCUT2D eigenvalue weighted by atomic mass is 32.2. The summed E-state index contributed by atoms with van der Waals surface area (Å²) in [5.74, 6) is 0.419. The Morgan fingerprint density at radius 3 is 2.53 bits per heavy atom. The van der Waals surface area contributed by atoms with Crippen LogP contribution in [0.15, 0.2) is 42.5 Å². The molecule has 0 saturated carbocycles. The lowest BCUT2D eigenvalue weighted by Gasteiger charge is -2.26. The molecule has 2 fully saturated rings. The van der Waals surface area contributed by atoms with E-state index >= 15 is 0 Å². The molecule has 1 amide bonds. The first kappa shape index (κ1) is 24.7. The van der Waals surface area contributed by atoms with Gasteiger partial charge in [-0.05, 0) is 43.2 Å². The molecule has 2 aromatic rings. The van der Waals surface area contributed by atoms with E-state index in [1.807, 2.05) is 32.0 Å². The molecule has 4 rings (SSSR count). The molecule has 0 aromatic heterocycles. The predicted octanol–water partition coefficient (Wildman–Crippen LogP) is 2.38. The summed E-state index contributed by atoms with van der Waals surface area (Å²) in [6.45, 7) is 6.30. The molecule has 0 bridgehead atoms. The third-order valence-electron chi connectivity index (χ3n) is 6.33. The van der Waals surface area contributed by atoms with Gasteiger partial charge in [-0.1, -0.05) is 29.8 Å². The van der Waals surface area contributed by atoms with Crippen molar-refractivity contribution in [3.8, 4) is 5.75 Å². The van der Waals surface area contributed by atoms with Crippen molar-refractivity contribution in [2.75, 3.05) is 46.5 Å². The summed E-state index contributed by atoms with van der Waals surface area (Å²) in [5, 5.41) is 0. The molecule has 2 aliphatic rings. The quantitative estimate of drug-likeness (QED) is 0.595. The minimum atomic E-state index is -3.43. The van der Waals surface area contributed by atoms with Crippen LogP contribution in [0.2, 0.25) is 0 Å². The largest absolute Gasteiger partial charge is 0.486 e. The van der Waals surface area contributed by atoms with Crippen LogP contribution in [0.25, 0.3) is 0 Å². The van der Waals surface area contributed by atoms with Gasteiger partial charge in [-0.15, -0.1) is 0 Å². The number of hydrogen-bond acceptors (Lipinski definition) is 6. The van der Waals surface area contributed by atoms with E-state index in [0.29, 0.717) is 56.3 Å². The van der Waals surface area contributed by atoms with Gasteiger partial charge in [-0.2, -0.15) is 4.31 Å². The number of benzene rings is 2. The summed E-state index contributed by atoms with van der Waals surface area (Å²) in [7, 11) is -1.82. The van der Waals surface area contributed by atoms with Crippen molar-refractivity contribution in [1.29, 1.82) is 0 Å². The van der Waals surface area contributed by atoms with E-state index < -0.39 is 10.0 Å². The zero-order valence-electron chi connectivity index (χ0n) is 19.9. The van der Waals surface area contributed by atoms with Crippen molar-refractivity contribution in [2.45, 2.75) is 31.8 Å². The van der Waals surface area contributed by atoms with Crippen molar-refractivity contribution in [3.63, 3.8) is 0 Å². The van der Waals surface area contributed by atoms with Gasteiger partial charge in [-0.25, -0.2) is 8.42 Å². The maximum Gasteiger partial charge on any atom is 0.254 e. The van der Waals surface area contributed by atoms with Crippen molar-refractivity contribution in [1.82, 2.24) is 9.21 Å². The Bertz CT molecular complexity index is 1130. The van der Waals surface area contributed by atoms with Crippen LogP contribution in [-0.2, 0) is 25.2 Å². The monoisotopic (exact) mass is 488 g/mol. The number of carbonyl (C=O) groups is 1. The lowest BCUT2D eigenvalue weighted by molar-refractivity contribution is 0.0339. The lowest BCUT2D eigenvalue weighted by Crippen LogP contribution is -2.41. The highest BCUT2D eigenvalue weighted by Gasteiger charge is 2.38. The second-order valence-electron chi connectivity index (χ2n) is 8.87. The van der Waals surface area contributed by atoms with Gasteiger partial charge in [0, 0.05) is 25.8 Å². The van der Waals surface area contributed by atoms with Crippen LogP contribution >= 0.6 is 0 Å². The smallest absolute Gasteiger partial charge is 0.254 e. The van der Waals surface area contributed by atoms with E-state index in [0.717, 1.165) is 11.1 Å². The Hall–Kier alpha value is -2.46. The molecule has 2 heterocycles. The van der Waals surface area contributed by atoms with Crippen molar-refractivity contribution >= 4 is 15.9 Å². The number of morpholine rings is 1. The predicted molar refractivity (Wildman–Crippen MR) is 128 cm³/mol. The standard InChI is InChI=1S/C25H32N2O6S/c1-18-7-8-19(2)22(13-18)25(28)26-15-23(31-3)24(16-26)33-21-6-4-5-20(14-21)17-34(29,30)27-9-11-32-12-10-27/h4-8,13-14,23-24H,9-12,15-17H2,1-3H3/t23-,24-/m1/s1. The zero-order chi connectivity index (χ0) is 24.3. The van der Waals surface area contributed by atoms with Gasteiger partial charge in [-0.3, -0.25) is 4.79 Å². The molecule has 9 heteroatoms. The molecule has 2 aromatic carbocycles. The Morgan fingerprint density at radius 2 is 1.79 bits per heavy atom. The molecule has 8 nitrogen and oxygen atoms in total. The van der Waals surface area contributed by atoms with Gasteiger partial charge in [0.05, 0.1) is 32.1 Å². The van der Waals surface area contributed by atoms with E-state index in [1.165, 1.54) is 4.31 Å². The summed E-state index contributed by atoms with van der Waals surface area (Å²) in [6, 6.07) is 13.0. The fourth-order valence-electron chi connectivity index (χ4n) is 4.40. The summed E-state index contributed by atoms with van der Waals surface area (Å²) < 4.78 is 44.1. The van der Waals surface area contributed by atoms with Crippen molar-refractivity contribution in [2.24, 2.45) is 0 Å². The van der Waals surface area contributed by atoms with E-state index in [9.17, 15) is 13.2 Å². The summed E-state index contributed by atoms with van der Waals surface area (Å²) in [6.07, 6.45) is -0.639. The second kappa shape index (κ2) is 10.4. The van der Waals surface area contributed by atoms with Crippen LogP contribution in [0.5, 0.6) is 5.75 Å². The molecule has 2 saturated heterocycles. The number of hydrogen-bond donors (Lipinski definition) is 0. The van der Waals surface area contributed by atoms with Crippen molar-refractivity contribution < 1.29 is 27.4 Å². The number of nitrogens with zero attached hydrogens (tertiary/aromatic N) is 2. The Labute approximate surface area is 201 Å². The normalized spacial score (nSPS) is 21.6. The van der Waals surface area contributed by atoms with Gasteiger partial charge in [0.15, 0.2) is 0 Å². The molecule has 0 unspecified atom stereocenters. The van der Waals surface area contributed by atoms with E-state index in [4.69, 9.17) is 14.2 Å². The molecule has 0 N–H and O–H groups in total. The SMILES string of the molecule is CO[C@@H]1CN(C(=O)c2cc(C)ccc2C)C[C@H]1Oc1cccc(CS(=O)(=O)N2CCOCC2)c1. The molecular formula is C25H32N2O6S. The lowest BCUT2D eigenvalue weighted by atomic mass is 10.0. The number of sulfonamides is 1. The summed E-state index contributed by atoms with van der Waals surface area (Å²) in [5.41, 5.74) is 3.31. The van der Waals surface area contributed by atoms with Gasteiger partial charge in [0.1, 0.15) is 18.0 Å². The maximum atomic E-state index is 13.2. The fourth-order valence-corrected chi connectivity index (χ4v) is 5.88. The summed E-state index contributed by atoms with van der Waals surface area (Å²) in [4.78, 5) is 14.9. The first-order chi connectivity index (χ1) is 16.3. The van der Waals surface area contributed by atoms with Crippen LogP contribution in [0, 0.1) is 13.8 Å². The number of amides is 1. The second-order valence-corrected chi connectivity index (χ2v) is 10.8. The molecule has 184 valence electrons. The van der Waals surface area contributed by atoms with Gasteiger partial charge >= 0.3 is 0 Å². The van der Waals surface area contributed by atoms with Crippen LogP contribution in [-0.4, -0.2) is 82.2 Å². The number of ether oxygens (including phenoxy) is 3. The highest BCUT2D eigenvalue weighted by molar-refractivity contribution is 7.88. The molecule has 0 radical (unpaired) electrons. The fraction of sp³-hybridized carbons (Fsp3) is 0.480. The Balaban J connectivity index is 1.45. The number of rotatable bonds is 7. The average molecular weight is 489 g/mol. The molecule has 0 aliphatic carbocycles. The number of methoxy groups -OCH3 is 1. The van der Waals surface area contributed by atoms with Crippen molar-refractivity contribution in [3.05, 3.63) is 64.7 Å². The number of carbonyl (C=O) groups excluding carboxylic acids is 1. The van der Waals surface area contributed by atoms with Crippen LogP contribution in [0.1, 0.15) is 27.0 Å². The van der Waals surface area contributed by atoms with Crippen LogP contribution in [0.4, 0.5) is 0 Å². The average Bonchev–Trinajstić information content (AvgIpc) is 3.23. The minimum absolute atomic E-state index is 0.0419. The van der Waals surface area contributed by atoms with Gasteiger partial charge < -0.3 is 19.1 Å². The summed E-state index contributed by atoms with van der Waals surface area (Å²) >= 11 is 0. The van der Waals surface area contributed by atoms with Gasteiger partial charge in [0.25, 0.3) is 5.91 Å². The van der Waals surface area contributed by atoms with E-state index in [2.05, 4.69) is 0 Å². The van der Waals surface area contributed by atoms with Gasteiger partial charge in [0.2, 0.25) is 10.0 Å². The topological polar surface area (TPSA) is 85.4 Å². The molecule has 2 aliphatic heterocycles. The molecule has 0 spiro atoms. The highest BCUT2D eigenvalue weighted by Crippen LogP contribution is 2.25. The first-order valence-corrected chi connectivity index (χ1v) is 13.1. The van der Waals surface area contributed by atoms with Crippen LogP contribution in [0.3, 0.4) is 0 Å². The number of likely N-dealkylation sites (tertiary alicyclic amines) is 1. The molecule has 34 heavy (non-hydrogen) atoms. The minimum Gasteiger partial charge on any atom is -0.486 e. The molecular weight excluding hydrogens is 456 g/mol. The zero-order valence-corrected chi connectivity index (χ0v) is 20.7. The number of aryl methyl sites for hydroxylation is 2. The van der Waals surface area contributed by atoms with E-state index in [-0.39, 0.29) is 23.9 Å². The third kappa shape index (κ3) is 5.60. The Kier molecular flexibility index (Phi) is 7.57. The molecule has 2 atom stereocenters. The maximum absolute atomic E-state index is 13.2. The van der Waals surface area contributed by atoms with E-state index in [1.54, 1.807) is 36.3 Å². The Morgan fingerprint density at radius 1 is 1.06 bits per heavy atom. The van der Waals surface area contributed by atoms with Crippen LogP contribution < -0.4 is 4.74 Å². The third-order valence-corrected chi connectivity index (χ3v) is 8.18. The first-order valence-electron chi connectivity index (χ1n) is 11.5.